The van der Waals surface area contributed by atoms with Crippen molar-refractivity contribution in [3.8, 4) is 10.6 Å². The van der Waals surface area contributed by atoms with Gasteiger partial charge in [0.1, 0.15) is 11.3 Å². The molecule has 2 aromatic heterocycles. The first-order valence-corrected chi connectivity index (χ1v) is 6.87. The standard InChI is InChI=1S/C13H16N2O2S/c1-3-7-15-8-10(13(16)17)12(14-15)11-6-5-9(4-2)18-11/h5-6,8H,3-4,7H2,1-2H3,(H,16,17). The summed E-state index contributed by atoms with van der Waals surface area (Å²) in [5.74, 6) is -0.918. The van der Waals surface area contributed by atoms with E-state index in [0.717, 1.165) is 24.3 Å². The zero-order valence-electron chi connectivity index (χ0n) is 10.5. The van der Waals surface area contributed by atoms with E-state index >= 15 is 0 Å². The number of thiophene rings is 1. The van der Waals surface area contributed by atoms with Gasteiger partial charge in [-0.15, -0.1) is 11.3 Å². The van der Waals surface area contributed by atoms with Gasteiger partial charge in [-0.2, -0.15) is 5.10 Å². The van der Waals surface area contributed by atoms with Crippen molar-refractivity contribution in [1.82, 2.24) is 9.78 Å². The van der Waals surface area contributed by atoms with Crippen molar-refractivity contribution in [2.24, 2.45) is 0 Å². The zero-order chi connectivity index (χ0) is 13.1. The highest BCUT2D eigenvalue weighted by Crippen LogP contribution is 2.30. The largest absolute Gasteiger partial charge is 0.478 e. The van der Waals surface area contributed by atoms with Crippen LogP contribution in [0.3, 0.4) is 0 Å². The summed E-state index contributed by atoms with van der Waals surface area (Å²) in [4.78, 5) is 13.4. The minimum Gasteiger partial charge on any atom is -0.478 e. The third kappa shape index (κ3) is 2.46. The summed E-state index contributed by atoms with van der Waals surface area (Å²) in [7, 11) is 0. The van der Waals surface area contributed by atoms with E-state index in [2.05, 4.69) is 12.0 Å². The van der Waals surface area contributed by atoms with E-state index in [1.807, 2.05) is 19.1 Å². The number of hydrogen-bond acceptors (Lipinski definition) is 3. The summed E-state index contributed by atoms with van der Waals surface area (Å²) >= 11 is 1.61. The van der Waals surface area contributed by atoms with Crippen molar-refractivity contribution >= 4 is 17.3 Å². The molecule has 0 bridgehead atoms. The lowest BCUT2D eigenvalue weighted by molar-refractivity contribution is 0.0697. The molecule has 1 N–H and O–H groups in total. The normalized spacial score (nSPS) is 10.8. The predicted octanol–water partition coefficient (Wildman–Crippen LogP) is 3.28. The summed E-state index contributed by atoms with van der Waals surface area (Å²) in [5.41, 5.74) is 0.869. The third-order valence-electron chi connectivity index (χ3n) is 2.69. The first-order chi connectivity index (χ1) is 8.65. The van der Waals surface area contributed by atoms with Crippen LogP contribution in [0.2, 0.25) is 0 Å². The van der Waals surface area contributed by atoms with Crippen molar-refractivity contribution in [3.05, 3.63) is 28.8 Å². The molecule has 96 valence electrons. The van der Waals surface area contributed by atoms with E-state index < -0.39 is 5.97 Å². The highest BCUT2D eigenvalue weighted by atomic mass is 32.1. The van der Waals surface area contributed by atoms with Crippen LogP contribution in [0.4, 0.5) is 0 Å². The lowest BCUT2D eigenvalue weighted by Crippen LogP contribution is -1.97. The Balaban J connectivity index is 2.44. The molecule has 0 unspecified atom stereocenters. The fraction of sp³-hybridized carbons (Fsp3) is 0.385. The van der Waals surface area contributed by atoms with Crippen LogP contribution in [0.1, 0.15) is 35.5 Å². The molecule has 0 aliphatic rings. The zero-order valence-corrected chi connectivity index (χ0v) is 11.3. The summed E-state index contributed by atoms with van der Waals surface area (Å²) in [6.07, 6.45) is 3.51. The lowest BCUT2D eigenvalue weighted by Gasteiger charge is -1.95. The molecule has 0 aromatic carbocycles. The molecule has 4 nitrogen and oxygen atoms in total. The van der Waals surface area contributed by atoms with E-state index in [1.165, 1.54) is 4.88 Å². The van der Waals surface area contributed by atoms with Crippen LogP contribution in [0, 0.1) is 0 Å². The molecule has 0 fully saturated rings. The second kappa shape index (κ2) is 5.35. The van der Waals surface area contributed by atoms with Crippen molar-refractivity contribution in [2.75, 3.05) is 0 Å². The van der Waals surface area contributed by atoms with Crippen LogP contribution in [-0.2, 0) is 13.0 Å². The molecule has 2 heterocycles. The van der Waals surface area contributed by atoms with Gasteiger partial charge < -0.3 is 5.11 Å². The molecule has 18 heavy (non-hydrogen) atoms. The maximum atomic E-state index is 11.2. The van der Waals surface area contributed by atoms with E-state index in [-0.39, 0.29) is 5.56 Å². The van der Waals surface area contributed by atoms with Crippen LogP contribution >= 0.6 is 11.3 Å². The minimum absolute atomic E-state index is 0.285. The number of carbonyl (C=O) groups is 1. The predicted molar refractivity (Wildman–Crippen MR) is 72.2 cm³/mol. The van der Waals surface area contributed by atoms with Gasteiger partial charge in [-0.05, 0) is 25.0 Å². The average molecular weight is 264 g/mol. The van der Waals surface area contributed by atoms with E-state index in [4.69, 9.17) is 0 Å². The molecule has 0 atom stereocenters. The molecular formula is C13H16N2O2S. The van der Waals surface area contributed by atoms with Crippen molar-refractivity contribution < 1.29 is 9.90 Å². The number of rotatable bonds is 5. The fourth-order valence-electron chi connectivity index (χ4n) is 1.80. The number of aryl methyl sites for hydroxylation is 2. The van der Waals surface area contributed by atoms with Crippen molar-refractivity contribution in [2.45, 2.75) is 33.2 Å². The quantitative estimate of drug-likeness (QED) is 0.901. The molecule has 0 amide bonds. The molecular weight excluding hydrogens is 248 g/mol. The van der Waals surface area contributed by atoms with E-state index in [0.29, 0.717) is 5.69 Å². The Morgan fingerprint density at radius 1 is 1.44 bits per heavy atom. The molecule has 0 saturated heterocycles. The second-order valence-corrected chi connectivity index (χ2v) is 5.25. The number of carboxylic acid groups (broad SMARTS) is 1. The molecule has 2 aromatic rings. The van der Waals surface area contributed by atoms with Gasteiger partial charge in [-0.1, -0.05) is 13.8 Å². The Hall–Kier alpha value is -1.62. The highest BCUT2D eigenvalue weighted by molar-refractivity contribution is 7.15. The van der Waals surface area contributed by atoms with Crippen molar-refractivity contribution in [1.29, 1.82) is 0 Å². The Morgan fingerprint density at radius 2 is 2.22 bits per heavy atom. The smallest absolute Gasteiger partial charge is 0.339 e. The second-order valence-electron chi connectivity index (χ2n) is 4.08. The maximum absolute atomic E-state index is 11.2. The first-order valence-electron chi connectivity index (χ1n) is 6.05. The summed E-state index contributed by atoms with van der Waals surface area (Å²) in [5, 5.41) is 13.6. The molecule has 0 spiro atoms. The molecule has 0 aliphatic heterocycles. The van der Waals surface area contributed by atoms with Gasteiger partial charge in [-0.25, -0.2) is 4.79 Å². The Morgan fingerprint density at radius 3 is 2.78 bits per heavy atom. The van der Waals surface area contributed by atoms with Gasteiger partial charge in [0.25, 0.3) is 0 Å². The molecule has 0 aliphatic carbocycles. The van der Waals surface area contributed by atoms with Gasteiger partial charge in [0, 0.05) is 17.6 Å². The monoisotopic (exact) mass is 264 g/mol. The Bertz CT molecular complexity index is 557. The van der Waals surface area contributed by atoms with Gasteiger partial charge in [0.05, 0.1) is 4.88 Å². The van der Waals surface area contributed by atoms with E-state index in [1.54, 1.807) is 22.2 Å². The Labute approximate surface area is 110 Å². The van der Waals surface area contributed by atoms with Gasteiger partial charge in [0.15, 0.2) is 0 Å². The van der Waals surface area contributed by atoms with Gasteiger partial charge >= 0.3 is 5.97 Å². The SMILES string of the molecule is CCCn1cc(C(=O)O)c(-c2ccc(CC)s2)n1. The minimum atomic E-state index is -0.918. The average Bonchev–Trinajstić information content (AvgIpc) is 2.94. The lowest BCUT2D eigenvalue weighted by atomic mass is 10.2. The molecule has 2 rings (SSSR count). The van der Waals surface area contributed by atoms with Crippen LogP contribution < -0.4 is 0 Å². The first kappa shape index (κ1) is 12.8. The van der Waals surface area contributed by atoms with Gasteiger partial charge in [0.2, 0.25) is 0 Å². The summed E-state index contributed by atoms with van der Waals surface area (Å²) in [6.45, 7) is 4.87. The van der Waals surface area contributed by atoms with Crippen LogP contribution in [0.5, 0.6) is 0 Å². The van der Waals surface area contributed by atoms with E-state index in [9.17, 15) is 9.90 Å². The number of nitrogens with zero attached hydrogens (tertiary/aromatic N) is 2. The topological polar surface area (TPSA) is 55.1 Å². The number of aromatic nitrogens is 2. The summed E-state index contributed by atoms with van der Waals surface area (Å²) < 4.78 is 1.71. The van der Waals surface area contributed by atoms with Crippen LogP contribution in [-0.4, -0.2) is 20.9 Å². The molecule has 0 radical (unpaired) electrons. The molecule has 5 heteroatoms. The number of carboxylic acids is 1. The summed E-state index contributed by atoms with van der Waals surface area (Å²) in [6, 6.07) is 3.99. The molecule has 0 saturated carbocycles. The van der Waals surface area contributed by atoms with Gasteiger partial charge in [-0.3, -0.25) is 4.68 Å². The third-order valence-corrected chi connectivity index (χ3v) is 3.92. The fourth-order valence-corrected chi connectivity index (χ4v) is 2.75. The highest BCUT2D eigenvalue weighted by Gasteiger charge is 2.18. The van der Waals surface area contributed by atoms with Crippen molar-refractivity contribution in [3.63, 3.8) is 0 Å². The maximum Gasteiger partial charge on any atom is 0.339 e. The van der Waals surface area contributed by atoms with Crippen LogP contribution in [0.15, 0.2) is 18.3 Å². The number of aromatic carboxylic acids is 1. The van der Waals surface area contributed by atoms with Crippen LogP contribution in [0.25, 0.3) is 10.6 Å². The number of hydrogen-bond donors (Lipinski definition) is 1. The Kier molecular flexibility index (Phi) is 3.81.